The number of rotatable bonds is 5. The van der Waals surface area contributed by atoms with Crippen LogP contribution in [0.5, 0.6) is 0 Å². The topological polar surface area (TPSA) is 79.3 Å². The molecule has 8 nitrogen and oxygen atoms in total. The second kappa shape index (κ2) is 8.96. The number of piperazine rings is 1. The van der Waals surface area contributed by atoms with Gasteiger partial charge in [-0.25, -0.2) is 9.07 Å². The molecule has 5 rings (SSSR count). The second-order valence-electron chi connectivity index (χ2n) is 9.25. The minimum absolute atomic E-state index is 0.153. The van der Waals surface area contributed by atoms with Crippen LogP contribution in [0.3, 0.4) is 0 Å². The molecule has 2 N–H and O–H groups in total. The predicted octanol–water partition coefficient (Wildman–Crippen LogP) is 2.95. The lowest BCUT2D eigenvalue weighted by Crippen LogP contribution is -2.53. The molecule has 4 heterocycles. The van der Waals surface area contributed by atoms with Crippen LogP contribution in [-0.2, 0) is 12.8 Å². The number of halogens is 1. The fraction of sp³-hybridized carbons (Fsp3) is 0.400. The van der Waals surface area contributed by atoms with Crippen LogP contribution in [0.4, 0.5) is 21.8 Å². The predicted molar refractivity (Wildman–Crippen MR) is 133 cm³/mol. The fourth-order valence-electron chi connectivity index (χ4n) is 4.90. The van der Waals surface area contributed by atoms with E-state index < -0.39 is 0 Å². The van der Waals surface area contributed by atoms with Gasteiger partial charge < -0.3 is 20.4 Å². The first-order valence-electron chi connectivity index (χ1n) is 11.7. The molecule has 1 aromatic carbocycles. The van der Waals surface area contributed by atoms with E-state index in [2.05, 4.69) is 37.1 Å². The Morgan fingerprint density at radius 3 is 2.88 bits per heavy atom. The van der Waals surface area contributed by atoms with Gasteiger partial charge in [0, 0.05) is 57.2 Å². The Labute approximate surface area is 199 Å². The molecule has 1 saturated heterocycles. The molecule has 9 heteroatoms. The Kier molecular flexibility index (Phi) is 5.85. The van der Waals surface area contributed by atoms with Crippen molar-refractivity contribution in [2.45, 2.75) is 32.2 Å². The first-order chi connectivity index (χ1) is 16.4. The molecule has 178 valence electrons. The smallest absolute Gasteiger partial charge is 0.224 e. The van der Waals surface area contributed by atoms with Crippen molar-refractivity contribution in [3.8, 4) is 5.82 Å². The van der Waals surface area contributed by atoms with Gasteiger partial charge in [-0.3, -0.25) is 0 Å². The zero-order chi connectivity index (χ0) is 23.8. The number of benzene rings is 1. The lowest BCUT2D eigenvalue weighted by Gasteiger charge is -2.46. The van der Waals surface area contributed by atoms with Crippen LogP contribution in [0.25, 0.3) is 5.82 Å². The Morgan fingerprint density at radius 2 is 2.06 bits per heavy atom. The summed E-state index contributed by atoms with van der Waals surface area (Å²) in [6.07, 6.45) is 9.17. The van der Waals surface area contributed by atoms with Gasteiger partial charge in [-0.05, 0) is 55.6 Å². The summed E-state index contributed by atoms with van der Waals surface area (Å²) in [5.41, 5.74) is 10.4. The van der Waals surface area contributed by atoms with Crippen LogP contribution in [0.1, 0.15) is 23.2 Å². The van der Waals surface area contributed by atoms with Gasteiger partial charge in [0.25, 0.3) is 0 Å². The van der Waals surface area contributed by atoms with E-state index in [9.17, 15) is 4.39 Å². The molecule has 0 bridgehead atoms. The van der Waals surface area contributed by atoms with Gasteiger partial charge in [-0.15, -0.1) is 0 Å². The van der Waals surface area contributed by atoms with Crippen LogP contribution in [0.2, 0.25) is 0 Å². The molecule has 1 fully saturated rings. The maximum absolute atomic E-state index is 13.8. The molecule has 0 saturated carbocycles. The molecule has 1 unspecified atom stereocenters. The third-order valence-corrected chi connectivity index (χ3v) is 6.77. The van der Waals surface area contributed by atoms with E-state index in [1.165, 1.54) is 5.56 Å². The number of nitrogen functional groups attached to an aromatic ring is 1. The molecular weight excluding hydrogens is 431 g/mol. The molecule has 0 spiro atoms. The maximum Gasteiger partial charge on any atom is 0.224 e. The number of aromatic nitrogens is 4. The molecule has 2 aromatic heterocycles. The minimum atomic E-state index is -0.153. The molecule has 0 aliphatic carbocycles. The van der Waals surface area contributed by atoms with Crippen molar-refractivity contribution in [1.82, 2.24) is 24.6 Å². The average molecular weight is 463 g/mol. The molecule has 2 aliphatic rings. The standard InChI is InChI=1S/C25H31FN8/c1-17-19(15-28-34(17)24-14-23(31(2)3)29-25(27)30-24)5-4-10-32-11-12-33-21(16-32)9-7-18-6-8-20(26)13-22(18)33/h4,6,8,10,13-15,21H,5,7,9,11-12,16H2,1-3H3,(H2,27,29,30)/b10-4+. The maximum atomic E-state index is 13.8. The summed E-state index contributed by atoms with van der Waals surface area (Å²) in [5, 5.41) is 4.54. The van der Waals surface area contributed by atoms with E-state index in [-0.39, 0.29) is 11.8 Å². The highest BCUT2D eigenvalue weighted by Gasteiger charge is 2.30. The highest BCUT2D eigenvalue weighted by molar-refractivity contribution is 5.57. The zero-order valence-corrected chi connectivity index (χ0v) is 19.9. The number of nitrogens with zero attached hydrogens (tertiary/aromatic N) is 7. The number of hydrogen-bond donors (Lipinski definition) is 1. The molecule has 0 amide bonds. The van der Waals surface area contributed by atoms with Crippen molar-refractivity contribution >= 4 is 17.5 Å². The van der Waals surface area contributed by atoms with E-state index in [0.717, 1.165) is 61.7 Å². The number of allylic oxidation sites excluding steroid dienone is 1. The highest BCUT2D eigenvalue weighted by Crippen LogP contribution is 2.33. The van der Waals surface area contributed by atoms with Crippen molar-refractivity contribution in [2.24, 2.45) is 0 Å². The second-order valence-corrected chi connectivity index (χ2v) is 9.25. The Morgan fingerprint density at radius 1 is 1.21 bits per heavy atom. The quantitative estimate of drug-likeness (QED) is 0.625. The zero-order valence-electron chi connectivity index (χ0n) is 19.9. The Balaban J connectivity index is 1.24. The molecule has 0 radical (unpaired) electrons. The Bertz CT molecular complexity index is 1220. The average Bonchev–Trinajstić information content (AvgIpc) is 3.18. The van der Waals surface area contributed by atoms with Gasteiger partial charge in [-0.2, -0.15) is 15.1 Å². The number of aryl methyl sites for hydroxylation is 1. The van der Waals surface area contributed by atoms with Crippen LogP contribution >= 0.6 is 0 Å². The molecule has 2 aliphatic heterocycles. The molecule has 34 heavy (non-hydrogen) atoms. The van der Waals surface area contributed by atoms with Gasteiger partial charge in [0.05, 0.1) is 6.20 Å². The van der Waals surface area contributed by atoms with Crippen molar-refractivity contribution in [1.29, 1.82) is 0 Å². The summed E-state index contributed by atoms with van der Waals surface area (Å²) in [4.78, 5) is 15.3. The van der Waals surface area contributed by atoms with E-state index in [1.807, 2.05) is 48.9 Å². The Hall–Kier alpha value is -3.62. The first-order valence-corrected chi connectivity index (χ1v) is 11.7. The summed E-state index contributed by atoms with van der Waals surface area (Å²) < 4.78 is 15.6. The van der Waals surface area contributed by atoms with Crippen molar-refractivity contribution in [3.05, 3.63) is 65.4 Å². The van der Waals surface area contributed by atoms with E-state index in [0.29, 0.717) is 11.9 Å². The van der Waals surface area contributed by atoms with Crippen molar-refractivity contribution in [2.75, 3.05) is 49.3 Å². The first kappa shape index (κ1) is 22.2. The third kappa shape index (κ3) is 4.30. The van der Waals surface area contributed by atoms with E-state index >= 15 is 0 Å². The highest BCUT2D eigenvalue weighted by atomic mass is 19.1. The SMILES string of the molecule is Cc1c(C/C=C/N2CCN3c4cc(F)ccc4CCC3C2)cnn1-c1cc(N(C)C)nc(N)n1. The summed E-state index contributed by atoms with van der Waals surface area (Å²) >= 11 is 0. The third-order valence-electron chi connectivity index (χ3n) is 6.77. The van der Waals surface area contributed by atoms with Crippen LogP contribution in [0, 0.1) is 12.7 Å². The van der Waals surface area contributed by atoms with E-state index in [4.69, 9.17) is 5.73 Å². The van der Waals surface area contributed by atoms with Gasteiger partial charge >= 0.3 is 0 Å². The van der Waals surface area contributed by atoms with Gasteiger partial charge in [0.2, 0.25) is 5.95 Å². The van der Waals surface area contributed by atoms with Gasteiger partial charge in [0.15, 0.2) is 5.82 Å². The molecule has 3 aromatic rings. The summed E-state index contributed by atoms with van der Waals surface area (Å²) in [5.74, 6) is 1.48. The lowest BCUT2D eigenvalue weighted by molar-refractivity contribution is 0.282. The summed E-state index contributed by atoms with van der Waals surface area (Å²) in [6, 6.07) is 7.51. The fourth-order valence-corrected chi connectivity index (χ4v) is 4.90. The largest absolute Gasteiger partial charge is 0.374 e. The molecular formula is C25H31FN8. The van der Waals surface area contributed by atoms with Crippen LogP contribution in [-0.4, -0.2) is 64.4 Å². The van der Waals surface area contributed by atoms with E-state index in [1.54, 1.807) is 12.1 Å². The van der Waals surface area contributed by atoms with Gasteiger partial charge in [-0.1, -0.05) is 12.1 Å². The van der Waals surface area contributed by atoms with Crippen LogP contribution in [0.15, 0.2) is 42.7 Å². The number of fused-ring (bicyclic) bond motifs is 3. The number of hydrogen-bond acceptors (Lipinski definition) is 7. The van der Waals surface area contributed by atoms with Gasteiger partial charge in [0.1, 0.15) is 11.6 Å². The van der Waals surface area contributed by atoms with Crippen molar-refractivity contribution < 1.29 is 4.39 Å². The van der Waals surface area contributed by atoms with Crippen molar-refractivity contribution in [3.63, 3.8) is 0 Å². The lowest BCUT2D eigenvalue weighted by atomic mass is 9.94. The number of anilines is 3. The summed E-state index contributed by atoms with van der Waals surface area (Å²) in [7, 11) is 3.84. The minimum Gasteiger partial charge on any atom is -0.374 e. The van der Waals surface area contributed by atoms with Crippen LogP contribution < -0.4 is 15.5 Å². The summed E-state index contributed by atoms with van der Waals surface area (Å²) in [6.45, 7) is 4.83. The molecule has 1 atom stereocenters. The monoisotopic (exact) mass is 462 g/mol. The number of nitrogens with two attached hydrogens (primary N) is 1. The normalized spacial score (nSPS) is 17.7.